The van der Waals surface area contributed by atoms with Crippen LogP contribution in [0.5, 0.6) is 0 Å². The third-order valence-corrected chi connectivity index (χ3v) is 3.31. The maximum absolute atomic E-state index is 6.24. The Hall–Kier alpha value is -1.03. The molecule has 0 atom stereocenters. The molecule has 2 aromatic rings. The number of nitrogens with zero attached hydrogens (tertiary/aromatic N) is 2. The predicted molar refractivity (Wildman–Crippen MR) is 78.4 cm³/mol. The van der Waals surface area contributed by atoms with E-state index in [-0.39, 0.29) is 0 Å². The molecule has 0 amide bonds. The standard InChI is InChI=1S/C14H20ClN3/c1-17(2)10-7-16-8-11-18-9-6-12-4-3-5-13(15)14(12)18/h3-6,9,16H,7-8,10-11H2,1-2H3. The van der Waals surface area contributed by atoms with Crippen molar-refractivity contribution in [3.63, 3.8) is 0 Å². The Labute approximate surface area is 113 Å². The van der Waals surface area contributed by atoms with E-state index >= 15 is 0 Å². The van der Waals surface area contributed by atoms with Gasteiger partial charge in [-0.3, -0.25) is 0 Å². The van der Waals surface area contributed by atoms with E-state index in [4.69, 9.17) is 11.6 Å². The Morgan fingerprint density at radius 3 is 2.83 bits per heavy atom. The molecule has 1 heterocycles. The number of rotatable bonds is 6. The number of halogens is 1. The Bertz CT molecular complexity index is 505. The number of benzene rings is 1. The van der Waals surface area contributed by atoms with Crippen molar-refractivity contribution >= 4 is 22.5 Å². The molecule has 0 bridgehead atoms. The lowest BCUT2D eigenvalue weighted by Gasteiger charge is -2.11. The summed E-state index contributed by atoms with van der Waals surface area (Å²) in [6.45, 7) is 3.98. The first-order valence-corrected chi connectivity index (χ1v) is 6.65. The van der Waals surface area contributed by atoms with E-state index in [1.54, 1.807) is 0 Å². The Morgan fingerprint density at radius 1 is 1.22 bits per heavy atom. The SMILES string of the molecule is CN(C)CCNCCn1ccc2cccc(Cl)c21. The quantitative estimate of drug-likeness (QED) is 0.810. The van der Waals surface area contributed by atoms with Gasteiger partial charge in [0.05, 0.1) is 10.5 Å². The molecular formula is C14H20ClN3. The molecule has 4 heteroatoms. The fraction of sp³-hybridized carbons (Fsp3) is 0.429. The summed E-state index contributed by atoms with van der Waals surface area (Å²) < 4.78 is 2.21. The molecule has 18 heavy (non-hydrogen) atoms. The molecule has 0 aliphatic carbocycles. The van der Waals surface area contributed by atoms with Gasteiger partial charge in [-0.15, -0.1) is 0 Å². The van der Waals surface area contributed by atoms with Crippen LogP contribution in [-0.4, -0.2) is 43.2 Å². The van der Waals surface area contributed by atoms with Gasteiger partial charge in [0.1, 0.15) is 0 Å². The normalized spacial score (nSPS) is 11.6. The number of aromatic nitrogens is 1. The molecule has 3 nitrogen and oxygen atoms in total. The molecule has 1 aromatic carbocycles. The highest BCUT2D eigenvalue weighted by Gasteiger charge is 2.04. The Balaban J connectivity index is 1.92. The first kappa shape index (κ1) is 13.4. The van der Waals surface area contributed by atoms with Crippen LogP contribution in [-0.2, 0) is 6.54 Å². The number of nitrogens with one attached hydrogen (secondary N) is 1. The van der Waals surface area contributed by atoms with Gasteiger partial charge in [0.2, 0.25) is 0 Å². The van der Waals surface area contributed by atoms with Crippen LogP contribution in [0.1, 0.15) is 0 Å². The van der Waals surface area contributed by atoms with Gasteiger partial charge < -0.3 is 14.8 Å². The fourth-order valence-electron chi connectivity index (χ4n) is 2.03. The van der Waals surface area contributed by atoms with Gasteiger partial charge in [-0.05, 0) is 26.2 Å². The molecular weight excluding hydrogens is 246 g/mol. The minimum absolute atomic E-state index is 0.825. The summed E-state index contributed by atoms with van der Waals surface area (Å²) >= 11 is 6.24. The molecule has 1 N–H and O–H groups in total. The molecule has 0 aliphatic rings. The van der Waals surface area contributed by atoms with Crippen LogP contribution >= 0.6 is 11.6 Å². The average molecular weight is 266 g/mol. The van der Waals surface area contributed by atoms with Crippen LogP contribution in [0.3, 0.4) is 0 Å². The predicted octanol–water partition coefficient (Wildman–Crippen LogP) is 2.45. The highest BCUT2D eigenvalue weighted by molar-refractivity contribution is 6.35. The van der Waals surface area contributed by atoms with E-state index in [9.17, 15) is 0 Å². The fourth-order valence-corrected chi connectivity index (χ4v) is 2.32. The molecule has 0 radical (unpaired) electrons. The highest BCUT2D eigenvalue weighted by atomic mass is 35.5. The van der Waals surface area contributed by atoms with E-state index in [2.05, 4.69) is 47.2 Å². The van der Waals surface area contributed by atoms with E-state index in [0.29, 0.717) is 0 Å². The van der Waals surface area contributed by atoms with Crippen molar-refractivity contribution in [2.75, 3.05) is 33.7 Å². The van der Waals surface area contributed by atoms with Crippen molar-refractivity contribution in [3.05, 3.63) is 35.5 Å². The van der Waals surface area contributed by atoms with Crippen molar-refractivity contribution < 1.29 is 0 Å². The van der Waals surface area contributed by atoms with Crippen LogP contribution < -0.4 is 5.32 Å². The van der Waals surface area contributed by atoms with Crippen molar-refractivity contribution in [1.82, 2.24) is 14.8 Å². The second kappa shape index (κ2) is 6.23. The zero-order valence-electron chi connectivity index (χ0n) is 11.0. The third kappa shape index (κ3) is 3.25. The van der Waals surface area contributed by atoms with Crippen molar-refractivity contribution in [1.29, 1.82) is 0 Å². The van der Waals surface area contributed by atoms with E-state index < -0.39 is 0 Å². The number of para-hydroxylation sites is 1. The van der Waals surface area contributed by atoms with Crippen molar-refractivity contribution in [2.45, 2.75) is 6.54 Å². The van der Waals surface area contributed by atoms with Gasteiger partial charge in [-0.25, -0.2) is 0 Å². The van der Waals surface area contributed by atoms with E-state index in [0.717, 1.165) is 36.7 Å². The van der Waals surface area contributed by atoms with Gasteiger partial charge >= 0.3 is 0 Å². The second-order valence-corrected chi connectivity index (χ2v) is 5.15. The molecule has 98 valence electrons. The average Bonchev–Trinajstić information content (AvgIpc) is 2.73. The van der Waals surface area contributed by atoms with Crippen LogP contribution in [0, 0.1) is 0 Å². The van der Waals surface area contributed by atoms with Crippen LogP contribution in [0.2, 0.25) is 5.02 Å². The number of hydrogen-bond donors (Lipinski definition) is 1. The van der Waals surface area contributed by atoms with Gasteiger partial charge in [0, 0.05) is 37.8 Å². The Kier molecular flexibility index (Phi) is 4.64. The molecule has 0 saturated carbocycles. The van der Waals surface area contributed by atoms with Crippen molar-refractivity contribution in [2.24, 2.45) is 0 Å². The second-order valence-electron chi connectivity index (χ2n) is 4.74. The molecule has 0 unspecified atom stereocenters. The topological polar surface area (TPSA) is 20.2 Å². The third-order valence-electron chi connectivity index (χ3n) is 3.00. The number of fused-ring (bicyclic) bond motifs is 1. The Morgan fingerprint density at radius 2 is 2.06 bits per heavy atom. The number of likely N-dealkylation sites (N-methyl/N-ethyl adjacent to an activating group) is 1. The van der Waals surface area contributed by atoms with Crippen LogP contribution in [0.15, 0.2) is 30.5 Å². The first-order chi connectivity index (χ1) is 8.68. The van der Waals surface area contributed by atoms with Gasteiger partial charge in [-0.1, -0.05) is 23.7 Å². The van der Waals surface area contributed by atoms with E-state index in [1.165, 1.54) is 5.39 Å². The summed E-state index contributed by atoms with van der Waals surface area (Å²) in [5.74, 6) is 0. The maximum Gasteiger partial charge on any atom is 0.0670 e. The summed E-state index contributed by atoms with van der Waals surface area (Å²) in [7, 11) is 4.17. The lowest BCUT2D eigenvalue weighted by atomic mass is 10.2. The molecule has 0 fully saturated rings. The summed E-state index contributed by atoms with van der Waals surface area (Å²) in [6, 6.07) is 8.14. The van der Waals surface area contributed by atoms with Crippen LogP contribution in [0.25, 0.3) is 10.9 Å². The van der Waals surface area contributed by atoms with E-state index in [1.807, 2.05) is 12.1 Å². The van der Waals surface area contributed by atoms with Crippen molar-refractivity contribution in [3.8, 4) is 0 Å². The lowest BCUT2D eigenvalue weighted by Crippen LogP contribution is -2.28. The van der Waals surface area contributed by atoms with Gasteiger partial charge in [0.25, 0.3) is 0 Å². The van der Waals surface area contributed by atoms with Gasteiger partial charge in [-0.2, -0.15) is 0 Å². The molecule has 1 aromatic heterocycles. The minimum Gasteiger partial charge on any atom is -0.345 e. The molecule has 2 rings (SSSR count). The number of hydrogen-bond acceptors (Lipinski definition) is 2. The highest BCUT2D eigenvalue weighted by Crippen LogP contribution is 2.23. The summed E-state index contributed by atoms with van der Waals surface area (Å²) in [5, 5.41) is 5.46. The summed E-state index contributed by atoms with van der Waals surface area (Å²) in [4.78, 5) is 2.18. The maximum atomic E-state index is 6.24. The zero-order chi connectivity index (χ0) is 13.0. The summed E-state index contributed by atoms with van der Waals surface area (Å²) in [5.41, 5.74) is 1.13. The zero-order valence-corrected chi connectivity index (χ0v) is 11.7. The molecule has 0 aliphatic heterocycles. The first-order valence-electron chi connectivity index (χ1n) is 6.27. The smallest absolute Gasteiger partial charge is 0.0670 e. The molecule has 0 saturated heterocycles. The molecule has 0 spiro atoms. The largest absolute Gasteiger partial charge is 0.345 e. The van der Waals surface area contributed by atoms with Gasteiger partial charge in [0.15, 0.2) is 0 Å². The minimum atomic E-state index is 0.825. The monoisotopic (exact) mass is 265 g/mol. The lowest BCUT2D eigenvalue weighted by molar-refractivity contribution is 0.398. The summed E-state index contributed by atoms with van der Waals surface area (Å²) in [6.07, 6.45) is 2.10. The van der Waals surface area contributed by atoms with Crippen LogP contribution in [0.4, 0.5) is 0 Å².